The maximum absolute atomic E-state index is 13.0. The van der Waals surface area contributed by atoms with Crippen molar-refractivity contribution in [1.82, 2.24) is 0 Å². The fourth-order valence-electron chi connectivity index (χ4n) is 1.66. The minimum Gasteiger partial charge on any atom is -0.373 e. The number of halogens is 6. The first-order valence-corrected chi connectivity index (χ1v) is 7.44. The average Bonchev–Trinajstić information content (AvgIpc) is 2.13. The molecule has 1 aliphatic heterocycles. The Morgan fingerprint density at radius 1 is 1.11 bits per heavy atom. The summed E-state index contributed by atoms with van der Waals surface area (Å²) in [5, 5.41) is 0. The van der Waals surface area contributed by atoms with Crippen LogP contribution in [0.3, 0.4) is 0 Å². The monoisotopic (exact) mass is 314 g/mol. The third-order valence-corrected chi connectivity index (χ3v) is 5.54. The van der Waals surface area contributed by atoms with Crippen molar-refractivity contribution in [3.8, 4) is 0 Å². The summed E-state index contributed by atoms with van der Waals surface area (Å²) in [4.78, 5) is 0. The Hall–Kier alpha value is 0.240. The van der Waals surface area contributed by atoms with Crippen molar-refractivity contribution in [3.05, 3.63) is 0 Å². The molecule has 1 heterocycles. The Labute approximate surface area is 108 Å². The highest BCUT2D eigenvalue weighted by Gasteiger charge is 2.76. The Morgan fingerprint density at radius 3 is 2.00 bits per heavy atom. The van der Waals surface area contributed by atoms with E-state index in [1.165, 1.54) is 13.8 Å². The molecule has 0 spiro atoms. The third kappa shape index (κ3) is 2.87. The molecule has 0 aromatic carbocycles. The summed E-state index contributed by atoms with van der Waals surface area (Å²) in [5.41, 5.74) is 0. The molecule has 0 bridgehead atoms. The average molecular weight is 314 g/mol. The Kier molecular flexibility index (Phi) is 4.81. The first-order valence-electron chi connectivity index (χ1n) is 5.12. The van der Waals surface area contributed by atoms with Crippen molar-refractivity contribution < 1.29 is 31.1 Å². The van der Waals surface area contributed by atoms with Crippen LogP contribution in [0.1, 0.15) is 20.3 Å². The Bertz CT molecular complexity index is 274. The molecule has 0 N–H and O–H groups in total. The van der Waals surface area contributed by atoms with Gasteiger partial charge in [-0.2, -0.15) is 26.3 Å². The Balaban J connectivity index is 3.20. The van der Waals surface area contributed by atoms with Crippen LogP contribution in [0.4, 0.5) is 26.3 Å². The van der Waals surface area contributed by atoms with E-state index >= 15 is 0 Å². The van der Waals surface area contributed by atoms with Gasteiger partial charge in [0.05, 0.1) is 12.2 Å². The van der Waals surface area contributed by atoms with Crippen molar-refractivity contribution >= 4 is 21.6 Å². The van der Waals surface area contributed by atoms with Crippen molar-refractivity contribution in [1.29, 1.82) is 0 Å². The van der Waals surface area contributed by atoms with Gasteiger partial charge in [-0.3, -0.25) is 0 Å². The molecule has 1 aliphatic rings. The van der Waals surface area contributed by atoms with Gasteiger partial charge in [-0.05, 0) is 20.3 Å². The van der Waals surface area contributed by atoms with E-state index in [2.05, 4.69) is 0 Å². The predicted molar refractivity (Wildman–Crippen MR) is 59.5 cm³/mol. The number of hydrogen-bond acceptors (Lipinski definition) is 3. The zero-order valence-electron chi connectivity index (χ0n) is 9.56. The second kappa shape index (κ2) is 5.32. The summed E-state index contributed by atoms with van der Waals surface area (Å²) in [6.07, 6.45) is -13.7. The van der Waals surface area contributed by atoms with Gasteiger partial charge in [0.25, 0.3) is 0 Å². The fourth-order valence-corrected chi connectivity index (χ4v) is 4.69. The van der Waals surface area contributed by atoms with E-state index in [1.54, 1.807) is 0 Å². The minimum absolute atomic E-state index is 0.184. The molecule has 1 fully saturated rings. The van der Waals surface area contributed by atoms with Gasteiger partial charge in [0.15, 0.2) is 0 Å². The van der Waals surface area contributed by atoms with Crippen LogP contribution in [0.15, 0.2) is 0 Å². The summed E-state index contributed by atoms with van der Waals surface area (Å²) in [5.74, 6) is 0.204. The normalized spacial score (nSPS) is 25.5. The van der Waals surface area contributed by atoms with Crippen LogP contribution >= 0.6 is 21.6 Å². The lowest BCUT2D eigenvalue weighted by Gasteiger charge is -2.44. The lowest BCUT2D eigenvalue weighted by Crippen LogP contribution is -2.63. The molecule has 0 aromatic heterocycles. The molecule has 1 saturated heterocycles. The van der Waals surface area contributed by atoms with Gasteiger partial charge in [-0.15, -0.1) is 0 Å². The van der Waals surface area contributed by atoms with Gasteiger partial charge in [0.1, 0.15) is 0 Å². The standard InChI is InChI=1S/C9H12F6OS2/c1-5(2)16-6-3-4-17-18-7(6,8(10,11)12)9(13,14)15/h5-6H,3-4H2,1-2H3. The lowest BCUT2D eigenvalue weighted by molar-refractivity contribution is -0.292. The number of hydrogen-bond donors (Lipinski definition) is 0. The van der Waals surface area contributed by atoms with Gasteiger partial charge < -0.3 is 4.74 Å². The van der Waals surface area contributed by atoms with E-state index in [0.29, 0.717) is 10.8 Å². The highest BCUT2D eigenvalue weighted by molar-refractivity contribution is 8.77. The summed E-state index contributed by atoms with van der Waals surface area (Å²) >= 11 is 0. The summed E-state index contributed by atoms with van der Waals surface area (Å²) in [7, 11) is 0.399. The lowest BCUT2D eigenvalue weighted by atomic mass is 9.97. The van der Waals surface area contributed by atoms with Crippen LogP contribution in [0.5, 0.6) is 0 Å². The maximum atomic E-state index is 13.0. The van der Waals surface area contributed by atoms with Crippen LogP contribution in [-0.4, -0.2) is 35.1 Å². The van der Waals surface area contributed by atoms with Crippen molar-refractivity contribution in [2.75, 3.05) is 5.75 Å². The van der Waals surface area contributed by atoms with Crippen LogP contribution < -0.4 is 0 Å². The molecule has 0 saturated carbocycles. The van der Waals surface area contributed by atoms with Crippen molar-refractivity contribution in [2.24, 2.45) is 0 Å². The molecule has 1 nitrogen and oxygen atoms in total. The summed E-state index contributed by atoms with van der Waals surface area (Å²) in [6.45, 7) is 2.84. The van der Waals surface area contributed by atoms with Gasteiger partial charge in [-0.25, -0.2) is 0 Å². The van der Waals surface area contributed by atoms with E-state index in [1.807, 2.05) is 0 Å². The smallest absolute Gasteiger partial charge is 0.373 e. The van der Waals surface area contributed by atoms with Gasteiger partial charge in [0, 0.05) is 5.75 Å². The number of rotatable bonds is 2. The van der Waals surface area contributed by atoms with Gasteiger partial charge in [-0.1, -0.05) is 21.6 Å². The first-order chi connectivity index (χ1) is 8.02. The number of alkyl halides is 6. The maximum Gasteiger partial charge on any atom is 0.415 e. The molecule has 108 valence electrons. The van der Waals surface area contributed by atoms with E-state index in [-0.39, 0.29) is 23.0 Å². The van der Waals surface area contributed by atoms with Gasteiger partial charge in [0.2, 0.25) is 4.75 Å². The molecule has 1 atom stereocenters. The molecule has 9 heteroatoms. The molecule has 0 aliphatic carbocycles. The summed E-state index contributed by atoms with van der Waals surface area (Å²) < 4.78 is 78.8. The molecule has 1 unspecified atom stereocenters. The highest BCUT2D eigenvalue weighted by atomic mass is 33.1. The minimum atomic E-state index is -5.40. The van der Waals surface area contributed by atoms with E-state index in [0.717, 1.165) is 0 Å². The van der Waals surface area contributed by atoms with Crippen LogP contribution in [0.2, 0.25) is 0 Å². The fraction of sp³-hybridized carbons (Fsp3) is 1.00. The van der Waals surface area contributed by atoms with Crippen LogP contribution in [0, 0.1) is 0 Å². The second-order valence-electron chi connectivity index (χ2n) is 4.10. The molecular weight excluding hydrogens is 302 g/mol. The first kappa shape index (κ1) is 16.3. The third-order valence-electron chi connectivity index (χ3n) is 2.39. The molecule has 0 aromatic rings. The van der Waals surface area contributed by atoms with Crippen molar-refractivity contribution in [3.63, 3.8) is 0 Å². The molecule has 0 amide bonds. The number of ether oxygens (including phenoxy) is 1. The largest absolute Gasteiger partial charge is 0.415 e. The highest BCUT2D eigenvalue weighted by Crippen LogP contribution is 2.61. The molecular formula is C9H12F6OS2. The van der Waals surface area contributed by atoms with Gasteiger partial charge >= 0.3 is 12.4 Å². The predicted octanol–water partition coefficient (Wildman–Crippen LogP) is 4.43. The van der Waals surface area contributed by atoms with E-state index in [9.17, 15) is 26.3 Å². The zero-order chi connectivity index (χ0) is 14.2. The van der Waals surface area contributed by atoms with E-state index < -0.39 is 29.3 Å². The van der Waals surface area contributed by atoms with Crippen molar-refractivity contribution in [2.45, 2.75) is 49.6 Å². The second-order valence-corrected chi connectivity index (χ2v) is 6.76. The zero-order valence-corrected chi connectivity index (χ0v) is 11.2. The quantitative estimate of drug-likeness (QED) is 0.551. The van der Waals surface area contributed by atoms with E-state index in [4.69, 9.17) is 4.74 Å². The molecule has 1 rings (SSSR count). The molecule has 0 radical (unpaired) electrons. The topological polar surface area (TPSA) is 9.23 Å². The van der Waals surface area contributed by atoms with Crippen LogP contribution in [-0.2, 0) is 4.74 Å². The summed E-state index contributed by atoms with van der Waals surface area (Å²) in [6, 6.07) is 0. The Morgan fingerprint density at radius 2 is 1.61 bits per heavy atom. The van der Waals surface area contributed by atoms with Crippen LogP contribution in [0.25, 0.3) is 0 Å². The molecule has 18 heavy (non-hydrogen) atoms. The SMILES string of the molecule is CC(C)OC1CCSSC1(C(F)(F)F)C(F)(F)F.